The van der Waals surface area contributed by atoms with Crippen molar-refractivity contribution in [3.8, 4) is 11.4 Å². The molecule has 1 unspecified atom stereocenters. The maximum Gasteiger partial charge on any atom is 0.160 e. The minimum Gasteiger partial charge on any atom is -0.254 e. The molecule has 3 rings (SSSR count). The fourth-order valence-corrected chi connectivity index (χ4v) is 3.63. The number of nitrogens with zero attached hydrogens (tertiary/aromatic N) is 2. The Hall–Kier alpha value is -1.98. The Bertz CT molecular complexity index is 808. The van der Waals surface area contributed by atoms with Crippen LogP contribution >= 0.6 is 11.8 Å². The summed E-state index contributed by atoms with van der Waals surface area (Å²) in [5.74, 6) is 1.07. The molecule has 0 N–H and O–H groups in total. The second-order valence-corrected chi connectivity index (χ2v) is 7.17. The van der Waals surface area contributed by atoms with E-state index in [1.54, 1.807) is 11.8 Å². The third kappa shape index (κ3) is 4.06. The van der Waals surface area contributed by atoms with Gasteiger partial charge in [0.1, 0.15) is 5.03 Å². The first-order valence-corrected chi connectivity index (χ1v) is 9.71. The number of hydrogen-bond acceptors (Lipinski definition) is 4. The second-order valence-electron chi connectivity index (χ2n) is 4.89. The van der Waals surface area contributed by atoms with Gasteiger partial charge in [-0.2, -0.15) is 0 Å². The van der Waals surface area contributed by atoms with Crippen molar-refractivity contribution in [2.24, 2.45) is 0 Å². The van der Waals surface area contributed by atoms with Crippen molar-refractivity contribution in [1.82, 2.24) is 9.97 Å². The molecular weight excluding hydrogens is 324 g/mol. The second kappa shape index (κ2) is 7.53. The predicted octanol–water partition coefficient (Wildman–Crippen LogP) is 4.17. The lowest BCUT2D eigenvalue weighted by Crippen LogP contribution is -2.02. The molecule has 5 heteroatoms. The highest BCUT2D eigenvalue weighted by Gasteiger charge is 2.10. The van der Waals surface area contributed by atoms with Crippen LogP contribution in [0.5, 0.6) is 0 Å². The molecule has 1 aromatic heterocycles. The number of aromatic nitrogens is 2. The highest BCUT2D eigenvalue weighted by molar-refractivity contribution is 7.98. The Morgan fingerprint density at radius 3 is 2.26 bits per heavy atom. The molecule has 3 aromatic rings. The number of thioether (sulfide) groups is 1. The maximum atomic E-state index is 12.5. The number of hydrogen-bond donors (Lipinski definition) is 0. The van der Waals surface area contributed by atoms with Crippen LogP contribution in [0.4, 0.5) is 0 Å². The van der Waals surface area contributed by atoms with Crippen LogP contribution in [0.2, 0.25) is 0 Å². The van der Waals surface area contributed by atoms with Gasteiger partial charge in [0.25, 0.3) is 0 Å². The zero-order valence-electron chi connectivity index (χ0n) is 12.7. The summed E-state index contributed by atoms with van der Waals surface area (Å²) in [7, 11) is -1.11. The Morgan fingerprint density at radius 1 is 0.957 bits per heavy atom. The summed E-state index contributed by atoms with van der Waals surface area (Å²) >= 11 is 1.56. The molecule has 0 spiro atoms. The molecule has 0 saturated carbocycles. The zero-order chi connectivity index (χ0) is 16.1. The lowest BCUT2D eigenvalue weighted by Gasteiger charge is -2.07. The summed E-state index contributed by atoms with van der Waals surface area (Å²) < 4.78 is 12.5. The molecule has 0 radical (unpaired) electrons. The van der Waals surface area contributed by atoms with E-state index in [1.165, 1.54) is 0 Å². The van der Waals surface area contributed by atoms with Gasteiger partial charge in [0.15, 0.2) is 5.82 Å². The lowest BCUT2D eigenvalue weighted by atomic mass is 10.2. The van der Waals surface area contributed by atoms with E-state index in [0.29, 0.717) is 11.6 Å². The van der Waals surface area contributed by atoms with Crippen LogP contribution in [-0.2, 0) is 16.6 Å². The largest absolute Gasteiger partial charge is 0.254 e. The Balaban J connectivity index is 1.92. The molecule has 0 fully saturated rings. The van der Waals surface area contributed by atoms with E-state index in [-0.39, 0.29) is 0 Å². The summed E-state index contributed by atoms with van der Waals surface area (Å²) in [6.07, 6.45) is 1.98. The summed E-state index contributed by atoms with van der Waals surface area (Å²) in [6.45, 7) is 0. The minimum absolute atomic E-state index is 0.389. The van der Waals surface area contributed by atoms with Crippen LogP contribution in [0.1, 0.15) is 5.69 Å². The van der Waals surface area contributed by atoms with Crippen molar-refractivity contribution >= 4 is 22.6 Å². The number of benzene rings is 2. The Kier molecular flexibility index (Phi) is 5.20. The van der Waals surface area contributed by atoms with Crippen LogP contribution < -0.4 is 0 Å². The van der Waals surface area contributed by atoms with Crippen LogP contribution in [0.25, 0.3) is 11.4 Å². The van der Waals surface area contributed by atoms with E-state index in [4.69, 9.17) is 0 Å². The molecule has 116 valence electrons. The van der Waals surface area contributed by atoms with E-state index in [1.807, 2.05) is 73.0 Å². The van der Waals surface area contributed by atoms with Crippen molar-refractivity contribution in [3.63, 3.8) is 0 Å². The molecule has 1 atom stereocenters. The molecule has 3 nitrogen and oxygen atoms in total. The van der Waals surface area contributed by atoms with Gasteiger partial charge in [-0.3, -0.25) is 4.21 Å². The quantitative estimate of drug-likeness (QED) is 0.516. The van der Waals surface area contributed by atoms with Gasteiger partial charge in [-0.25, -0.2) is 9.97 Å². The van der Waals surface area contributed by atoms with E-state index in [0.717, 1.165) is 21.2 Å². The Labute approximate surface area is 142 Å². The molecule has 0 aliphatic carbocycles. The van der Waals surface area contributed by atoms with Crippen LogP contribution in [-0.4, -0.2) is 20.4 Å². The molecule has 0 amide bonds. The fraction of sp³-hybridized carbons (Fsp3) is 0.111. The zero-order valence-corrected chi connectivity index (χ0v) is 14.3. The summed E-state index contributed by atoms with van der Waals surface area (Å²) in [5.41, 5.74) is 1.76. The molecule has 0 aliphatic heterocycles. The van der Waals surface area contributed by atoms with Crippen LogP contribution in [0.3, 0.4) is 0 Å². The molecule has 2 aromatic carbocycles. The van der Waals surface area contributed by atoms with Gasteiger partial charge in [-0.15, -0.1) is 11.8 Å². The van der Waals surface area contributed by atoms with Crippen molar-refractivity contribution in [2.45, 2.75) is 15.7 Å². The smallest absolute Gasteiger partial charge is 0.160 e. The molecule has 0 bridgehead atoms. The molecule has 23 heavy (non-hydrogen) atoms. The third-order valence-electron chi connectivity index (χ3n) is 3.28. The monoisotopic (exact) mass is 340 g/mol. The van der Waals surface area contributed by atoms with Crippen molar-refractivity contribution in [1.29, 1.82) is 0 Å². The average molecular weight is 340 g/mol. The van der Waals surface area contributed by atoms with E-state index < -0.39 is 10.8 Å². The first kappa shape index (κ1) is 15.9. The maximum absolute atomic E-state index is 12.5. The van der Waals surface area contributed by atoms with Crippen molar-refractivity contribution in [2.75, 3.05) is 6.26 Å². The average Bonchev–Trinajstić information content (AvgIpc) is 2.63. The third-order valence-corrected chi connectivity index (χ3v) is 5.27. The standard InChI is InChI=1S/C18H16N2OS2/c1-22-17-12-15(13-23(21)16-10-6-3-7-11-16)19-18(20-17)14-8-4-2-5-9-14/h2-12H,13H2,1H3. The van der Waals surface area contributed by atoms with Gasteiger partial charge in [0.05, 0.1) is 22.2 Å². The summed E-state index contributed by atoms with van der Waals surface area (Å²) in [4.78, 5) is 9.97. The van der Waals surface area contributed by atoms with E-state index in [9.17, 15) is 4.21 Å². The first-order chi connectivity index (χ1) is 11.3. The molecule has 0 saturated heterocycles. The first-order valence-electron chi connectivity index (χ1n) is 7.17. The fourth-order valence-electron chi connectivity index (χ4n) is 2.16. The topological polar surface area (TPSA) is 42.9 Å². The molecule has 0 aliphatic rings. The number of rotatable bonds is 5. The SMILES string of the molecule is CSc1cc(CS(=O)c2ccccc2)nc(-c2ccccc2)n1. The van der Waals surface area contributed by atoms with Crippen molar-refractivity contribution < 1.29 is 4.21 Å². The van der Waals surface area contributed by atoms with Gasteiger partial charge < -0.3 is 0 Å². The van der Waals surface area contributed by atoms with Gasteiger partial charge in [-0.05, 0) is 24.5 Å². The van der Waals surface area contributed by atoms with Crippen LogP contribution in [0.15, 0.2) is 76.7 Å². The summed E-state index contributed by atoms with van der Waals surface area (Å²) in [6, 6.07) is 21.3. The van der Waals surface area contributed by atoms with Gasteiger partial charge in [0.2, 0.25) is 0 Å². The van der Waals surface area contributed by atoms with Gasteiger partial charge in [-0.1, -0.05) is 48.5 Å². The van der Waals surface area contributed by atoms with Gasteiger partial charge >= 0.3 is 0 Å². The minimum atomic E-state index is -1.11. The lowest BCUT2D eigenvalue weighted by molar-refractivity contribution is 0.682. The highest BCUT2D eigenvalue weighted by Crippen LogP contribution is 2.21. The predicted molar refractivity (Wildman–Crippen MR) is 95.8 cm³/mol. The van der Waals surface area contributed by atoms with Gasteiger partial charge in [0, 0.05) is 10.5 Å². The summed E-state index contributed by atoms with van der Waals surface area (Å²) in [5, 5.41) is 0.888. The Morgan fingerprint density at radius 2 is 1.61 bits per heavy atom. The van der Waals surface area contributed by atoms with Crippen molar-refractivity contribution in [3.05, 3.63) is 72.4 Å². The van der Waals surface area contributed by atoms with E-state index >= 15 is 0 Å². The molecule has 1 heterocycles. The highest BCUT2D eigenvalue weighted by atomic mass is 32.2. The normalized spacial score (nSPS) is 12.0. The van der Waals surface area contributed by atoms with E-state index in [2.05, 4.69) is 9.97 Å². The molecular formula is C18H16N2OS2. The van der Waals surface area contributed by atoms with Crippen LogP contribution in [0, 0.1) is 0 Å².